The number of methoxy groups -OCH3 is 3. The van der Waals surface area contributed by atoms with Crippen LogP contribution in [0.5, 0.6) is 0 Å². The fraction of sp³-hybridized carbons (Fsp3) is 0.476. The molecule has 1 rings (SSSR count). The zero-order valence-electron chi connectivity index (χ0n) is 18.5. The van der Waals surface area contributed by atoms with Gasteiger partial charge in [0, 0.05) is 19.3 Å². The van der Waals surface area contributed by atoms with Crippen molar-refractivity contribution >= 4 is 29.7 Å². The topological polar surface area (TPSA) is 137 Å². The maximum Gasteiger partial charge on any atom is 0.328 e. The van der Waals surface area contributed by atoms with Gasteiger partial charge in [0.05, 0.1) is 21.3 Å². The fourth-order valence-electron chi connectivity index (χ4n) is 3.11. The van der Waals surface area contributed by atoms with Gasteiger partial charge in [0.2, 0.25) is 11.8 Å². The summed E-state index contributed by atoms with van der Waals surface area (Å²) in [7, 11) is 3.18. The van der Waals surface area contributed by atoms with Crippen LogP contribution < -0.4 is 10.6 Å². The number of benzene rings is 1. The zero-order chi connectivity index (χ0) is 24.4. The monoisotopic (exact) mass is 454 g/mol. The summed E-state index contributed by atoms with van der Waals surface area (Å²) in [6.07, 6.45) is -0.0805. The molecule has 2 amide bonds. The van der Waals surface area contributed by atoms with E-state index in [1.807, 2.05) is 0 Å². The van der Waals surface area contributed by atoms with Gasteiger partial charge in [0.15, 0.2) is 5.92 Å². The minimum Gasteiger partial charge on any atom is -0.468 e. The molecular formula is C21H27FN2O8. The third kappa shape index (κ3) is 7.33. The molecule has 0 radical (unpaired) electrons. The number of halogens is 1. The number of nitrogens with one attached hydrogen (secondary N) is 2. The van der Waals surface area contributed by atoms with Crippen LogP contribution in [-0.2, 0) is 44.6 Å². The Hall–Kier alpha value is -3.50. The Morgan fingerprint density at radius 2 is 1.50 bits per heavy atom. The van der Waals surface area contributed by atoms with E-state index in [0.717, 1.165) is 21.3 Å². The first kappa shape index (κ1) is 26.5. The summed E-state index contributed by atoms with van der Waals surface area (Å²) >= 11 is 0. The normalized spacial score (nSPS) is 13.3. The second-order valence-electron chi connectivity index (χ2n) is 6.98. The zero-order valence-corrected chi connectivity index (χ0v) is 18.5. The number of amides is 2. The van der Waals surface area contributed by atoms with Gasteiger partial charge in [-0.15, -0.1) is 0 Å². The first-order valence-corrected chi connectivity index (χ1v) is 9.61. The highest BCUT2D eigenvalue weighted by Gasteiger charge is 2.43. The van der Waals surface area contributed by atoms with Crippen LogP contribution in [0.3, 0.4) is 0 Å². The number of hydrogen-bond donors (Lipinski definition) is 2. The van der Waals surface area contributed by atoms with E-state index in [2.05, 4.69) is 20.1 Å². The Labute approximate surface area is 184 Å². The fourth-order valence-corrected chi connectivity index (χ4v) is 3.11. The van der Waals surface area contributed by atoms with Gasteiger partial charge in [-0.05, 0) is 17.7 Å². The number of hydrogen-bond acceptors (Lipinski definition) is 8. The molecule has 2 N–H and O–H groups in total. The third-order valence-corrected chi connectivity index (χ3v) is 4.74. The predicted octanol–water partition coefficient (Wildman–Crippen LogP) is 0.129. The summed E-state index contributed by atoms with van der Waals surface area (Å²) in [4.78, 5) is 61.2. The Bertz CT molecular complexity index is 844. The molecule has 0 unspecified atom stereocenters. The van der Waals surface area contributed by atoms with E-state index < -0.39 is 59.5 Å². The van der Waals surface area contributed by atoms with E-state index in [9.17, 15) is 28.4 Å². The highest BCUT2D eigenvalue weighted by atomic mass is 19.1. The van der Waals surface area contributed by atoms with Crippen LogP contribution in [0.1, 0.15) is 19.4 Å². The number of esters is 3. The lowest BCUT2D eigenvalue weighted by Crippen LogP contribution is -2.56. The molecular weight excluding hydrogens is 427 g/mol. The Morgan fingerprint density at radius 3 is 1.97 bits per heavy atom. The summed E-state index contributed by atoms with van der Waals surface area (Å²) in [5.74, 6) is -7.39. The summed E-state index contributed by atoms with van der Waals surface area (Å²) in [6, 6.07) is 2.81. The van der Waals surface area contributed by atoms with Crippen molar-refractivity contribution in [2.45, 2.75) is 32.4 Å². The van der Waals surface area contributed by atoms with Crippen molar-refractivity contribution in [3.05, 3.63) is 35.6 Å². The largest absolute Gasteiger partial charge is 0.468 e. The lowest BCUT2D eigenvalue weighted by molar-refractivity contribution is -0.163. The Kier molecular flexibility index (Phi) is 10.3. The molecule has 10 nitrogen and oxygen atoms in total. The molecule has 0 aromatic heterocycles. The van der Waals surface area contributed by atoms with E-state index in [-0.39, 0.29) is 6.42 Å². The van der Waals surface area contributed by atoms with Crippen molar-refractivity contribution in [1.82, 2.24) is 10.6 Å². The quantitative estimate of drug-likeness (QED) is 0.289. The molecule has 1 aromatic rings. The van der Waals surface area contributed by atoms with Gasteiger partial charge in [0.25, 0.3) is 0 Å². The molecule has 11 heteroatoms. The molecule has 0 aliphatic rings. The standard InChI is InChI=1S/C21H27FN2O8/c1-11(16(19(27)30-3)20(28)31-4)17(21(29)32-5)24-18(26)15(23-12(2)25)10-13-7-6-8-14(22)9-13/h6-9,11,15-17H,10H2,1-5H3,(H,23,25)(H,24,26)/t11-,15-,17-/m0/s1. The molecule has 0 saturated carbocycles. The Morgan fingerprint density at radius 1 is 0.938 bits per heavy atom. The van der Waals surface area contributed by atoms with Crippen molar-refractivity contribution in [3.8, 4) is 0 Å². The van der Waals surface area contributed by atoms with Crippen molar-refractivity contribution in [1.29, 1.82) is 0 Å². The average molecular weight is 454 g/mol. The molecule has 0 fully saturated rings. The van der Waals surface area contributed by atoms with E-state index in [1.165, 1.54) is 32.0 Å². The minimum absolute atomic E-state index is 0.0805. The lowest BCUT2D eigenvalue weighted by atomic mass is 9.87. The lowest BCUT2D eigenvalue weighted by Gasteiger charge is -2.28. The molecule has 3 atom stereocenters. The molecule has 0 aliphatic heterocycles. The van der Waals surface area contributed by atoms with Crippen molar-refractivity contribution in [2.24, 2.45) is 11.8 Å². The third-order valence-electron chi connectivity index (χ3n) is 4.74. The number of carbonyl (C=O) groups is 5. The highest BCUT2D eigenvalue weighted by Crippen LogP contribution is 2.21. The first-order valence-electron chi connectivity index (χ1n) is 9.61. The smallest absolute Gasteiger partial charge is 0.328 e. The van der Waals surface area contributed by atoms with Crippen LogP contribution >= 0.6 is 0 Å². The van der Waals surface area contributed by atoms with Crippen LogP contribution in [0.4, 0.5) is 4.39 Å². The van der Waals surface area contributed by atoms with Gasteiger partial charge in [-0.3, -0.25) is 19.2 Å². The Balaban J connectivity index is 3.21. The second-order valence-corrected chi connectivity index (χ2v) is 6.98. The van der Waals surface area contributed by atoms with Crippen molar-refractivity contribution in [3.63, 3.8) is 0 Å². The SMILES string of the molecule is COC(=O)C(C(=O)OC)[C@H](C)[C@H](NC(=O)[C@H](Cc1cccc(F)c1)NC(C)=O)C(=O)OC. The first-order chi connectivity index (χ1) is 15.0. The number of ether oxygens (including phenoxy) is 3. The van der Waals surface area contributed by atoms with Crippen LogP contribution in [0.2, 0.25) is 0 Å². The predicted molar refractivity (Wildman–Crippen MR) is 108 cm³/mol. The van der Waals surface area contributed by atoms with Crippen LogP contribution in [0.25, 0.3) is 0 Å². The molecule has 176 valence electrons. The van der Waals surface area contributed by atoms with Gasteiger partial charge < -0.3 is 24.8 Å². The van der Waals surface area contributed by atoms with E-state index in [0.29, 0.717) is 5.56 Å². The highest BCUT2D eigenvalue weighted by molar-refractivity contribution is 5.97. The van der Waals surface area contributed by atoms with Gasteiger partial charge in [-0.2, -0.15) is 0 Å². The van der Waals surface area contributed by atoms with Gasteiger partial charge in [-0.1, -0.05) is 19.1 Å². The van der Waals surface area contributed by atoms with Crippen LogP contribution in [0, 0.1) is 17.7 Å². The van der Waals surface area contributed by atoms with E-state index >= 15 is 0 Å². The number of rotatable bonds is 10. The molecule has 0 spiro atoms. The molecule has 32 heavy (non-hydrogen) atoms. The molecule has 0 saturated heterocycles. The summed E-state index contributed by atoms with van der Waals surface area (Å²) in [5.41, 5.74) is 0.420. The second kappa shape index (κ2) is 12.4. The van der Waals surface area contributed by atoms with Crippen LogP contribution in [0.15, 0.2) is 24.3 Å². The average Bonchev–Trinajstić information content (AvgIpc) is 2.75. The van der Waals surface area contributed by atoms with Gasteiger partial charge in [0.1, 0.15) is 17.9 Å². The summed E-state index contributed by atoms with van der Waals surface area (Å²) < 4.78 is 27.5. The minimum atomic E-state index is -1.53. The molecule has 0 aliphatic carbocycles. The summed E-state index contributed by atoms with van der Waals surface area (Å²) in [5, 5.41) is 4.85. The maximum atomic E-state index is 13.5. The van der Waals surface area contributed by atoms with Crippen LogP contribution in [-0.4, -0.2) is 63.1 Å². The van der Waals surface area contributed by atoms with E-state index in [4.69, 9.17) is 4.74 Å². The van der Waals surface area contributed by atoms with E-state index in [1.54, 1.807) is 6.07 Å². The molecule has 0 heterocycles. The molecule has 1 aromatic carbocycles. The van der Waals surface area contributed by atoms with Gasteiger partial charge in [-0.25, -0.2) is 9.18 Å². The number of carbonyl (C=O) groups excluding carboxylic acids is 5. The molecule has 0 bridgehead atoms. The van der Waals surface area contributed by atoms with Crippen molar-refractivity contribution in [2.75, 3.05) is 21.3 Å². The van der Waals surface area contributed by atoms with Gasteiger partial charge >= 0.3 is 17.9 Å². The van der Waals surface area contributed by atoms with Crippen molar-refractivity contribution < 1.29 is 42.6 Å². The maximum absolute atomic E-state index is 13.5. The summed E-state index contributed by atoms with van der Waals surface area (Å²) in [6.45, 7) is 2.55.